The van der Waals surface area contributed by atoms with Gasteiger partial charge in [0.15, 0.2) is 0 Å². The van der Waals surface area contributed by atoms with Crippen LogP contribution in [0.4, 0.5) is 17.8 Å². The van der Waals surface area contributed by atoms with E-state index >= 15 is 0 Å². The van der Waals surface area contributed by atoms with Crippen molar-refractivity contribution in [3.8, 4) is 0 Å². The quantitative estimate of drug-likeness (QED) is 0.822. The van der Waals surface area contributed by atoms with Gasteiger partial charge in [0.25, 0.3) is 0 Å². The van der Waals surface area contributed by atoms with E-state index in [4.69, 9.17) is 4.74 Å². The lowest BCUT2D eigenvalue weighted by atomic mass is 10.1. The first-order valence-corrected chi connectivity index (χ1v) is 6.70. The minimum atomic E-state index is 0.376. The number of nitrogens with one attached hydrogen (secondary N) is 2. The number of nitrogens with zero attached hydrogens (tertiary/aromatic N) is 4. The van der Waals surface area contributed by atoms with Crippen molar-refractivity contribution < 1.29 is 4.74 Å². The van der Waals surface area contributed by atoms with Crippen molar-refractivity contribution in [2.24, 2.45) is 0 Å². The topological polar surface area (TPSA) is 75.2 Å². The van der Waals surface area contributed by atoms with Crippen LogP contribution in [0.1, 0.15) is 19.8 Å². The standard InChI is InChI=1S/C12H22N6O/c1-4-13-10-15-11(17-12(16-10)18(2)3)14-9-5-7-19-8-6-9/h9H,4-8H2,1-3H3,(H2,13,14,15,16,17). The number of aromatic nitrogens is 3. The summed E-state index contributed by atoms with van der Waals surface area (Å²) in [5.41, 5.74) is 0. The summed E-state index contributed by atoms with van der Waals surface area (Å²) in [4.78, 5) is 15.0. The Morgan fingerprint density at radius 1 is 1.16 bits per heavy atom. The first-order chi connectivity index (χ1) is 9.19. The van der Waals surface area contributed by atoms with Crippen LogP contribution in [0.2, 0.25) is 0 Å². The van der Waals surface area contributed by atoms with Crippen molar-refractivity contribution >= 4 is 17.8 Å². The molecule has 1 aliphatic rings. The minimum absolute atomic E-state index is 0.376. The molecule has 2 heterocycles. The molecule has 106 valence electrons. The van der Waals surface area contributed by atoms with E-state index < -0.39 is 0 Å². The average molecular weight is 266 g/mol. The number of rotatable bonds is 5. The molecule has 0 aromatic carbocycles. The van der Waals surface area contributed by atoms with Gasteiger partial charge in [0.1, 0.15) is 0 Å². The molecule has 1 fully saturated rings. The summed E-state index contributed by atoms with van der Waals surface area (Å²) in [5, 5.41) is 6.49. The molecular weight excluding hydrogens is 244 g/mol. The molecule has 0 unspecified atom stereocenters. The fraction of sp³-hybridized carbons (Fsp3) is 0.750. The molecule has 0 spiro atoms. The van der Waals surface area contributed by atoms with Crippen molar-refractivity contribution in [1.82, 2.24) is 15.0 Å². The number of hydrogen-bond donors (Lipinski definition) is 2. The zero-order valence-electron chi connectivity index (χ0n) is 11.8. The van der Waals surface area contributed by atoms with Crippen LogP contribution in [-0.4, -0.2) is 54.8 Å². The molecule has 1 saturated heterocycles. The first kappa shape index (κ1) is 13.8. The second-order valence-corrected chi connectivity index (χ2v) is 4.74. The Morgan fingerprint density at radius 2 is 1.84 bits per heavy atom. The Balaban J connectivity index is 2.12. The van der Waals surface area contributed by atoms with Crippen LogP contribution in [0.25, 0.3) is 0 Å². The van der Waals surface area contributed by atoms with Gasteiger partial charge in [-0.15, -0.1) is 0 Å². The molecule has 2 rings (SSSR count). The van der Waals surface area contributed by atoms with Gasteiger partial charge in [-0.2, -0.15) is 15.0 Å². The van der Waals surface area contributed by atoms with E-state index in [1.54, 1.807) is 0 Å². The van der Waals surface area contributed by atoms with Crippen LogP contribution in [0.5, 0.6) is 0 Å². The van der Waals surface area contributed by atoms with Gasteiger partial charge in [0.05, 0.1) is 0 Å². The average Bonchev–Trinajstić information content (AvgIpc) is 2.40. The van der Waals surface area contributed by atoms with E-state index in [1.807, 2.05) is 25.9 Å². The lowest BCUT2D eigenvalue weighted by molar-refractivity contribution is 0.0903. The van der Waals surface area contributed by atoms with Gasteiger partial charge in [-0.3, -0.25) is 0 Å². The third-order valence-electron chi connectivity index (χ3n) is 2.91. The molecule has 1 aromatic rings. The predicted octanol–water partition coefficient (Wildman–Crippen LogP) is 0.960. The Bertz CT molecular complexity index is 405. The van der Waals surface area contributed by atoms with Crippen LogP contribution >= 0.6 is 0 Å². The summed E-state index contributed by atoms with van der Waals surface area (Å²) >= 11 is 0. The van der Waals surface area contributed by atoms with Gasteiger partial charge in [-0.05, 0) is 19.8 Å². The molecule has 0 saturated carbocycles. The summed E-state index contributed by atoms with van der Waals surface area (Å²) in [6.07, 6.45) is 1.97. The highest BCUT2D eigenvalue weighted by atomic mass is 16.5. The Morgan fingerprint density at radius 3 is 2.47 bits per heavy atom. The van der Waals surface area contributed by atoms with Gasteiger partial charge >= 0.3 is 0 Å². The molecule has 7 nitrogen and oxygen atoms in total. The highest BCUT2D eigenvalue weighted by Gasteiger charge is 2.16. The Labute approximate surface area is 113 Å². The zero-order valence-corrected chi connectivity index (χ0v) is 11.8. The zero-order chi connectivity index (χ0) is 13.7. The number of anilines is 3. The Hall–Kier alpha value is -1.63. The van der Waals surface area contributed by atoms with Crippen LogP contribution in [0.15, 0.2) is 0 Å². The fourth-order valence-corrected chi connectivity index (χ4v) is 1.89. The van der Waals surface area contributed by atoms with Gasteiger partial charge in [-0.25, -0.2) is 0 Å². The normalized spacial score (nSPS) is 16.2. The molecule has 0 aliphatic carbocycles. The molecule has 19 heavy (non-hydrogen) atoms. The summed E-state index contributed by atoms with van der Waals surface area (Å²) in [5.74, 6) is 1.89. The van der Waals surface area contributed by atoms with Crippen LogP contribution < -0.4 is 15.5 Å². The van der Waals surface area contributed by atoms with Crippen LogP contribution in [0.3, 0.4) is 0 Å². The van der Waals surface area contributed by atoms with E-state index in [9.17, 15) is 0 Å². The van der Waals surface area contributed by atoms with E-state index in [1.165, 1.54) is 0 Å². The summed E-state index contributed by atoms with van der Waals surface area (Å²) in [7, 11) is 3.84. The van der Waals surface area contributed by atoms with Crippen molar-refractivity contribution in [1.29, 1.82) is 0 Å². The second kappa shape index (κ2) is 6.51. The summed E-state index contributed by atoms with van der Waals surface area (Å²) < 4.78 is 5.35. The highest BCUT2D eigenvalue weighted by Crippen LogP contribution is 2.15. The van der Waals surface area contributed by atoms with Gasteiger partial charge in [-0.1, -0.05) is 0 Å². The fourth-order valence-electron chi connectivity index (χ4n) is 1.89. The summed E-state index contributed by atoms with van der Waals surface area (Å²) in [6.45, 7) is 4.39. The molecule has 7 heteroatoms. The third-order valence-corrected chi connectivity index (χ3v) is 2.91. The largest absolute Gasteiger partial charge is 0.381 e. The molecular formula is C12H22N6O. The van der Waals surface area contributed by atoms with E-state index in [0.717, 1.165) is 32.6 Å². The van der Waals surface area contributed by atoms with Crippen molar-refractivity contribution in [3.63, 3.8) is 0 Å². The lowest BCUT2D eigenvalue weighted by Crippen LogP contribution is -2.29. The molecule has 2 N–H and O–H groups in total. The second-order valence-electron chi connectivity index (χ2n) is 4.74. The molecule has 0 amide bonds. The maximum Gasteiger partial charge on any atom is 0.231 e. The van der Waals surface area contributed by atoms with Gasteiger partial charge < -0.3 is 20.3 Å². The van der Waals surface area contributed by atoms with Crippen molar-refractivity contribution in [3.05, 3.63) is 0 Å². The Kier molecular flexibility index (Phi) is 4.73. The maximum atomic E-state index is 5.35. The van der Waals surface area contributed by atoms with Crippen LogP contribution in [0, 0.1) is 0 Å². The van der Waals surface area contributed by atoms with E-state index in [-0.39, 0.29) is 0 Å². The van der Waals surface area contributed by atoms with Gasteiger partial charge in [0, 0.05) is 39.9 Å². The van der Waals surface area contributed by atoms with Crippen LogP contribution in [-0.2, 0) is 4.74 Å². The monoisotopic (exact) mass is 266 g/mol. The smallest absolute Gasteiger partial charge is 0.231 e. The number of hydrogen-bond acceptors (Lipinski definition) is 7. The SMILES string of the molecule is CCNc1nc(NC2CCOCC2)nc(N(C)C)n1. The van der Waals surface area contributed by atoms with Crippen molar-refractivity contribution in [2.75, 3.05) is 49.4 Å². The molecule has 0 radical (unpaired) electrons. The lowest BCUT2D eigenvalue weighted by Gasteiger charge is -2.23. The molecule has 1 aliphatic heterocycles. The third kappa shape index (κ3) is 3.92. The van der Waals surface area contributed by atoms with E-state index in [2.05, 4.69) is 25.6 Å². The highest BCUT2D eigenvalue weighted by molar-refractivity contribution is 5.43. The van der Waals surface area contributed by atoms with Gasteiger partial charge in [0.2, 0.25) is 17.8 Å². The summed E-state index contributed by atoms with van der Waals surface area (Å²) in [6, 6.07) is 0.376. The predicted molar refractivity (Wildman–Crippen MR) is 75.8 cm³/mol. The van der Waals surface area contributed by atoms with E-state index in [0.29, 0.717) is 23.9 Å². The molecule has 0 bridgehead atoms. The molecule has 1 aromatic heterocycles. The molecule has 0 atom stereocenters. The first-order valence-electron chi connectivity index (χ1n) is 6.70. The number of ether oxygens (including phenoxy) is 1. The minimum Gasteiger partial charge on any atom is -0.381 e. The van der Waals surface area contributed by atoms with Crippen molar-refractivity contribution in [2.45, 2.75) is 25.8 Å². The maximum absolute atomic E-state index is 5.35.